The normalized spacial score (nSPS) is 11.1. The summed E-state index contributed by atoms with van der Waals surface area (Å²) in [6.07, 6.45) is 1.78. The van der Waals surface area contributed by atoms with Gasteiger partial charge in [0.2, 0.25) is 0 Å². The molecular weight excluding hydrogens is 309 g/mol. The van der Waals surface area contributed by atoms with Gasteiger partial charge in [-0.05, 0) is 45.8 Å². The summed E-state index contributed by atoms with van der Waals surface area (Å²) < 4.78 is 15.8. The molecule has 0 aliphatic rings. The van der Waals surface area contributed by atoms with Gasteiger partial charge < -0.3 is 5.73 Å². The number of aromatic nitrogens is 2. The van der Waals surface area contributed by atoms with E-state index in [0.29, 0.717) is 16.7 Å². The number of nitrogens with two attached hydrogens (primary N) is 1. The van der Waals surface area contributed by atoms with Crippen LogP contribution in [0, 0.1) is 5.82 Å². The van der Waals surface area contributed by atoms with Crippen molar-refractivity contribution in [3.63, 3.8) is 0 Å². The minimum Gasteiger partial charge on any atom is -0.399 e. The first-order valence-electron chi connectivity index (χ1n) is 5.79. The highest BCUT2D eigenvalue weighted by Crippen LogP contribution is 2.23. The Labute approximate surface area is 118 Å². The molecule has 1 aromatic heterocycles. The van der Waals surface area contributed by atoms with Gasteiger partial charge in [-0.15, -0.1) is 0 Å². The van der Waals surface area contributed by atoms with Gasteiger partial charge in [-0.1, -0.05) is 12.1 Å². The van der Waals surface area contributed by atoms with Crippen LogP contribution in [0.15, 0.2) is 47.1 Å². The number of anilines is 1. The van der Waals surface area contributed by atoms with E-state index in [1.54, 1.807) is 12.3 Å². The van der Waals surface area contributed by atoms with Crippen LogP contribution in [-0.2, 0) is 6.54 Å². The Morgan fingerprint density at radius 1 is 1.26 bits per heavy atom. The SMILES string of the molecule is Nc1ccc2cnn(Cc3cccc(F)c3Br)c2c1. The fraction of sp³-hybridized carbons (Fsp3) is 0.0714. The Kier molecular flexibility index (Phi) is 2.98. The number of hydrogen-bond donors (Lipinski definition) is 1. The first kappa shape index (κ1) is 12.2. The van der Waals surface area contributed by atoms with Gasteiger partial charge in [0.15, 0.2) is 0 Å². The third-order valence-electron chi connectivity index (χ3n) is 3.02. The molecule has 0 aliphatic heterocycles. The van der Waals surface area contributed by atoms with Crippen molar-refractivity contribution in [2.24, 2.45) is 0 Å². The minimum absolute atomic E-state index is 0.270. The van der Waals surface area contributed by atoms with Gasteiger partial charge in [0.1, 0.15) is 5.82 Å². The highest BCUT2D eigenvalue weighted by Gasteiger charge is 2.08. The second kappa shape index (κ2) is 4.66. The molecule has 1 heterocycles. The van der Waals surface area contributed by atoms with Gasteiger partial charge >= 0.3 is 0 Å². The quantitative estimate of drug-likeness (QED) is 0.734. The standard InChI is InChI=1S/C14H11BrFN3/c15-14-10(2-1-3-12(14)16)8-19-13-6-11(17)5-4-9(13)7-18-19/h1-7H,8,17H2. The van der Waals surface area contributed by atoms with Gasteiger partial charge in [-0.3, -0.25) is 4.68 Å². The molecule has 0 saturated heterocycles. The Bertz CT molecular complexity index is 752. The van der Waals surface area contributed by atoms with Gasteiger partial charge in [-0.2, -0.15) is 5.10 Å². The summed E-state index contributed by atoms with van der Waals surface area (Å²) in [5.41, 5.74) is 8.26. The lowest BCUT2D eigenvalue weighted by atomic mass is 10.2. The van der Waals surface area contributed by atoms with E-state index >= 15 is 0 Å². The summed E-state index contributed by atoms with van der Waals surface area (Å²) in [4.78, 5) is 0. The zero-order valence-corrected chi connectivity index (χ0v) is 11.6. The van der Waals surface area contributed by atoms with Gasteiger partial charge in [-0.25, -0.2) is 4.39 Å². The monoisotopic (exact) mass is 319 g/mol. The minimum atomic E-state index is -0.270. The van der Waals surface area contributed by atoms with Crippen molar-refractivity contribution in [2.45, 2.75) is 6.54 Å². The zero-order valence-electron chi connectivity index (χ0n) is 9.98. The fourth-order valence-electron chi connectivity index (χ4n) is 2.05. The fourth-order valence-corrected chi connectivity index (χ4v) is 2.44. The first-order valence-corrected chi connectivity index (χ1v) is 6.58. The molecule has 0 saturated carbocycles. The molecule has 96 valence electrons. The molecule has 3 rings (SSSR count). The molecule has 3 nitrogen and oxygen atoms in total. The topological polar surface area (TPSA) is 43.8 Å². The summed E-state index contributed by atoms with van der Waals surface area (Å²) in [6, 6.07) is 10.6. The van der Waals surface area contributed by atoms with Crippen molar-refractivity contribution in [1.29, 1.82) is 0 Å². The molecular formula is C14H11BrFN3. The number of rotatable bonds is 2. The summed E-state index contributed by atoms with van der Waals surface area (Å²) in [5.74, 6) is -0.270. The van der Waals surface area contributed by atoms with E-state index < -0.39 is 0 Å². The maximum Gasteiger partial charge on any atom is 0.137 e. The lowest BCUT2D eigenvalue weighted by Crippen LogP contribution is -2.03. The number of benzene rings is 2. The lowest BCUT2D eigenvalue weighted by Gasteiger charge is -2.07. The second-order valence-electron chi connectivity index (χ2n) is 4.33. The Hall–Kier alpha value is -1.88. The average Bonchev–Trinajstić information content (AvgIpc) is 2.78. The maximum atomic E-state index is 13.5. The van der Waals surface area contributed by atoms with E-state index in [1.807, 2.05) is 28.9 Å². The zero-order chi connectivity index (χ0) is 13.4. The molecule has 0 fully saturated rings. The molecule has 19 heavy (non-hydrogen) atoms. The summed E-state index contributed by atoms with van der Waals surface area (Å²) in [6.45, 7) is 0.491. The predicted molar refractivity (Wildman–Crippen MR) is 77.3 cm³/mol. The second-order valence-corrected chi connectivity index (χ2v) is 5.13. The van der Waals surface area contributed by atoms with Gasteiger partial charge in [0.25, 0.3) is 0 Å². The molecule has 0 amide bonds. The first-order chi connectivity index (χ1) is 9.15. The van der Waals surface area contributed by atoms with Crippen molar-refractivity contribution in [3.05, 3.63) is 58.4 Å². The molecule has 5 heteroatoms. The Morgan fingerprint density at radius 3 is 2.95 bits per heavy atom. The van der Waals surface area contributed by atoms with Crippen LogP contribution in [0.3, 0.4) is 0 Å². The van der Waals surface area contributed by atoms with E-state index in [9.17, 15) is 4.39 Å². The maximum absolute atomic E-state index is 13.5. The van der Waals surface area contributed by atoms with Crippen LogP contribution in [-0.4, -0.2) is 9.78 Å². The molecule has 3 aromatic rings. The van der Waals surface area contributed by atoms with Crippen LogP contribution < -0.4 is 5.73 Å². The summed E-state index contributed by atoms with van der Waals surface area (Å²) >= 11 is 3.26. The van der Waals surface area contributed by atoms with Crippen LogP contribution in [0.4, 0.5) is 10.1 Å². The van der Waals surface area contributed by atoms with E-state index in [4.69, 9.17) is 5.73 Å². The van der Waals surface area contributed by atoms with Crippen LogP contribution >= 0.6 is 15.9 Å². The Balaban J connectivity index is 2.06. The molecule has 0 spiro atoms. The van der Waals surface area contributed by atoms with Crippen molar-refractivity contribution >= 4 is 32.5 Å². The molecule has 0 radical (unpaired) electrons. The molecule has 0 unspecified atom stereocenters. The van der Waals surface area contributed by atoms with Crippen LogP contribution in [0.2, 0.25) is 0 Å². The third-order valence-corrected chi connectivity index (χ3v) is 3.91. The third kappa shape index (κ3) is 2.21. The number of fused-ring (bicyclic) bond motifs is 1. The van der Waals surface area contributed by atoms with Crippen molar-refractivity contribution in [1.82, 2.24) is 9.78 Å². The molecule has 2 aromatic carbocycles. The Morgan fingerprint density at radius 2 is 2.11 bits per heavy atom. The van der Waals surface area contributed by atoms with E-state index in [2.05, 4.69) is 21.0 Å². The number of hydrogen-bond acceptors (Lipinski definition) is 2. The highest BCUT2D eigenvalue weighted by molar-refractivity contribution is 9.10. The molecule has 0 aliphatic carbocycles. The van der Waals surface area contributed by atoms with Crippen molar-refractivity contribution in [2.75, 3.05) is 5.73 Å². The van der Waals surface area contributed by atoms with Gasteiger partial charge in [0, 0.05) is 11.1 Å². The molecule has 0 bridgehead atoms. The summed E-state index contributed by atoms with van der Waals surface area (Å²) in [5, 5.41) is 5.34. The average molecular weight is 320 g/mol. The lowest BCUT2D eigenvalue weighted by molar-refractivity contribution is 0.613. The number of nitrogen functional groups attached to an aromatic ring is 1. The molecule has 2 N–H and O–H groups in total. The van der Waals surface area contributed by atoms with Crippen LogP contribution in [0.1, 0.15) is 5.56 Å². The summed E-state index contributed by atoms with van der Waals surface area (Å²) in [7, 11) is 0. The van der Waals surface area contributed by atoms with Crippen LogP contribution in [0.25, 0.3) is 10.9 Å². The highest BCUT2D eigenvalue weighted by atomic mass is 79.9. The van der Waals surface area contributed by atoms with Crippen molar-refractivity contribution in [3.8, 4) is 0 Å². The largest absolute Gasteiger partial charge is 0.399 e. The van der Waals surface area contributed by atoms with E-state index in [-0.39, 0.29) is 5.82 Å². The van der Waals surface area contributed by atoms with E-state index in [0.717, 1.165) is 16.5 Å². The molecule has 0 atom stereocenters. The predicted octanol–water partition coefficient (Wildman–Crippen LogP) is 3.57. The van der Waals surface area contributed by atoms with Crippen LogP contribution in [0.5, 0.6) is 0 Å². The van der Waals surface area contributed by atoms with E-state index in [1.165, 1.54) is 6.07 Å². The smallest absolute Gasteiger partial charge is 0.137 e. The number of nitrogens with zero attached hydrogens (tertiary/aromatic N) is 2. The van der Waals surface area contributed by atoms with Gasteiger partial charge in [0.05, 0.1) is 22.7 Å². The van der Waals surface area contributed by atoms with Crippen molar-refractivity contribution < 1.29 is 4.39 Å². The number of halogens is 2.